The molecule has 0 amide bonds. The number of rotatable bonds is 4. The van der Waals surface area contributed by atoms with Crippen molar-refractivity contribution in [2.45, 2.75) is 0 Å². The smallest absolute Gasteiger partial charge is 0.0979 e. The number of fused-ring (bicyclic) bond motifs is 3. The van der Waals surface area contributed by atoms with E-state index in [-0.39, 0.29) is 0 Å². The minimum absolute atomic E-state index is 0.816. The van der Waals surface area contributed by atoms with E-state index in [9.17, 15) is 0 Å². The van der Waals surface area contributed by atoms with E-state index >= 15 is 0 Å². The first kappa shape index (κ1) is 22.0. The molecule has 0 spiro atoms. The number of nitrogens with zero attached hydrogens (tertiary/aromatic N) is 4. The molecule has 0 N–H and O–H groups in total. The van der Waals surface area contributed by atoms with Gasteiger partial charge in [-0.05, 0) is 58.7 Å². The van der Waals surface area contributed by atoms with Crippen LogP contribution in [0.1, 0.15) is 0 Å². The van der Waals surface area contributed by atoms with Crippen molar-refractivity contribution in [2.24, 2.45) is 0 Å². The Kier molecular flexibility index (Phi) is 5.41. The fraction of sp³-hybridized carbons (Fsp3) is 0. The Balaban J connectivity index is 1.62. The second kappa shape index (κ2) is 9.34. The Bertz CT molecular complexity index is 1740. The van der Waals surface area contributed by atoms with Crippen LogP contribution in [0.2, 0.25) is 0 Å². The average molecular weight is 487 g/mol. The monoisotopic (exact) mass is 486 g/mol. The summed E-state index contributed by atoms with van der Waals surface area (Å²) in [5, 5.41) is 2.10. The molecule has 0 saturated heterocycles. The summed E-state index contributed by atoms with van der Waals surface area (Å²) < 4.78 is 0. The topological polar surface area (TPSA) is 51.6 Å². The quantitative estimate of drug-likeness (QED) is 0.235. The van der Waals surface area contributed by atoms with E-state index in [4.69, 9.17) is 9.97 Å². The van der Waals surface area contributed by atoms with Gasteiger partial charge in [0.15, 0.2) is 0 Å². The third-order valence-corrected chi connectivity index (χ3v) is 6.78. The Hall–Kier alpha value is -5.22. The van der Waals surface area contributed by atoms with Crippen molar-refractivity contribution >= 4 is 21.8 Å². The second-order valence-electron chi connectivity index (χ2n) is 9.13. The Morgan fingerprint density at radius 1 is 0.368 bits per heavy atom. The molecule has 38 heavy (non-hydrogen) atoms. The van der Waals surface area contributed by atoms with Gasteiger partial charge in [0, 0.05) is 23.2 Å². The highest BCUT2D eigenvalue weighted by Crippen LogP contribution is 2.38. The van der Waals surface area contributed by atoms with E-state index < -0.39 is 0 Å². The van der Waals surface area contributed by atoms with Crippen molar-refractivity contribution < 1.29 is 0 Å². The van der Waals surface area contributed by atoms with Gasteiger partial charge in [-0.15, -0.1) is 0 Å². The zero-order valence-electron chi connectivity index (χ0n) is 20.5. The maximum atomic E-state index is 5.18. The first-order valence-electron chi connectivity index (χ1n) is 12.6. The van der Waals surface area contributed by atoms with Crippen molar-refractivity contribution in [1.82, 2.24) is 19.9 Å². The first-order chi connectivity index (χ1) is 18.8. The summed E-state index contributed by atoms with van der Waals surface area (Å²) in [5.41, 5.74) is 9.43. The van der Waals surface area contributed by atoms with Gasteiger partial charge < -0.3 is 0 Å². The third-order valence-electron chi connectivity index (χ3n) is 6.78. The summed E-state index contributed by atoms with van der Waals surface area (Å²) in [6, 6.07) is 41.3. The second-order valence-corrected chi connectivity index (χ2v) is 9.13. The lowest BCUT2D eigenvalue weighted by Gasteiger charge is -2.15. The van der Waals surface area contributed by atoms with E-state index in [2.05, 4.69) is 82.8 Å². The maximum absolute atomic E-state index is 5.18. The lowest BCUT2D eigenvalue weighted by molar-refractivity contribution is 1.26. The number of aromatic nitrogens is 4. The summed E-state index contributed by atoms with van der Waals surface area (Å²) >= 11 is 0. The number of pyridine rings is 4. The minimum Gasteiger partial charge on any atom is -0.255 e. The molecule has 4 nitrogen and oxygen atoms in total. The molecular weight excluding hydrogens is 464 g/mol. The highest BCUT2D eigenvalue weighted by atomic mass is 14.8. The summed E-state index contributed by atoms with van der Waals surface area (Å²) in [7, 11) is 0. The van der Waals surface area contributed by atoms with Gasteiger partial charge in [-0.25, -0.2) is 9.97 Å². The molecule has 0 aliphatic carbocycles. The van der Waals surface area contributed by atoms with Crippen LogP contribution in [0.3, 0.4) is 0 Å². The van der Waals surface area contributed by atoms with Gasteiger partial charge in [-0.2, -0.15) is 0 Å². The predicted molar refractivity (Wildman–Crippen MR) is 154 cm³/mol. The van der Waals surface area contributed by atoms with Crippen LogP contribution in [-0.2, 0) is 0 Å². The molecule has 7 rings (SSSR count). The molecule has 0 aliphatic rings. The van der Waals surface area contributed by atoms with Gasteiger partial charge in [0.1, 0.15) is 0 Å². The van der Waals surface area contributed by atoms with Crippen molar-refractivity contribution in [2.75, 3.05) is 0 Å². The van der Waals surface area contributed by atoms with E-state index in [1.165, 1.54) is 0 Å². The normalized spacial score (nSPS) is 11.2. The Morgan fingerprint density at radius 3 is 1.18 bits per heavy atom. The van der Waals surface area contributed by atoms with Gasteiger partial charge >= 0.3 is 0 Å². The molecule has 0 saturated carbocycles. The third kappa shape index (κ3) is 3.89. The van der Waals surface area contributed by atoms with Crippen LogP contribution in [0.15, 0.2) is 134 Å². The molecular formula is C34H22N4. The van der Waals surface area contributed by atoms with E-state index in [1.807, 2.05) is 48.5 Å². The summed E-state index contributed by atoms with van der Waals surface area (Å²) in [5.74, 6) is 0. The number of benzene rings is 3. The summed E-state index contributed by atoms with van der Waals surface area (Å²) in [6.07, 6.45) is 3.61. The van der Waals surface area contributed by atoms with Crippen molar-refractivity contribution in [1.29, 1.82) is 0 Å². The largest absolute Gasteiger partial charge is 0.255 e. The van der Waals surface area contributed by atoms with Gasteiger partial charge in [0.25, 0.3) is 0 Å². The van der Waals surface area contributed by atoms with Gasteiger partial charge in [-0.1, -0.05) is 84.9 Å². The zero-order chi connectivity index (χ0) is 25.3. The summed E-state index contributed by atoms with van der Waals surface area (Å²) in [6.45, 7) is 0. The maximum Gasteiger partial charge on any atom is 0.0979 e. The summed E-state index contributed by atoms with van der Waals surface area (Å²) in [4.78, 5) is 19.6. The average Bonchev–Trinajstić information content (AvgIpc) is 3.01. The minimum atomic E-state index is 0.816. The van der Waals surface area contributed by atoms with Gasteiger partial charge in [0.05, 0.1) is 33.8 Å². The molecule has 4 aromatic heterocycles. The first-order valence-corrected chi connectivity index (χ1v) is 12.6. The predicted octanol–water partition coefficient (Wildman–Crippen LogP) is 8.24. The lowest BCUT2D eigenvalue weighted by Crippen LogP contribution is -1.96. The molecule has 7 aromatic rings. The van der Waals surface area contributed by atoms with E-state index in [0.717, 1.165) is 66.8 Å². The van der Waals surface area contributed by atoms with Gasteiger partial charge in [0.2, 0.25) is 0 Å². The Morgan fingerprint density at radius 2 is 0.789 bits per heavy atom. The van der Waals surface area contributed by atoms with E-state index in [0.29, 0.717) is 0 Å². The van der Waals surface area contributed by atoms with Crippen molar-refractivity contribution in [3.8, 4) is 45.0 Å². The van der Waals surface area contributed by atoms with Crippen LogP contribution in [0, 0.1) is 0 Å². The van der Waals surface area contributed by atoms with Crippen LogP contribution < -0.4 is 0 Å². The molecule has 0 unspecified atom stereocenters. The zero-order valence-corrected chi connectivity index (χ0v) is 20.5. The van der Waals surface area contributed by atoms with Crippen LogP contribution in [0.25, 0.3) is 66.8 Å². The fourth-order valence-corrected chi connectivity index (χ4v) is 4.98. The van der Waals surface area contributed by atoms with Crippen LogP contribution in [0.5, 0.6) is 0 Å². The van der Waals surface area contributed by atoms with Crippen molar-refractivity contribution in [3.63, 3.8) is 0 Å². The molecule has 178 valence electrons. The molecule has 0 atom stereocenters. The molecule has 0 aliphatic heterocycles. The molecule has 0 fully saturated rings. The van der Waals surface area contributed by atoms with E-state index in [1.54, 1.807) is 12.4 Å². The highest BCUT2D eigenvalue weighted by Gasteiger charge is 2.17. The fourth-order valence-electron chi connectivity index (χ4n) is 4.98. The van der Waals surface area contributed by atoms with Crippen LogP contribution >= 0.6 is 0 Å². The van der Waals surface area contributed by atoms with Crippen LogP contribution in [-0.4, -0.2) is 19.9 Å². The van der Waals surface area contributed by atoms with Crippen LogP contribution in [0.4, 0.5) is 0 Å². The molecule has 4 heteroatoms. The highest BCUT2D eigenvalue weighted by molar-refractivity contribution is 6.13. The molecule has 0 bridgehead atoms. The molecule has 4 heterocycles. The molecule has 3 aromatic carbocycles. The SMILES string of the molecule is c1ccc(-c2cc(-c3ccccn3)nc3c2ccc2c(-c4ccccc4)cc(-c4ccccn4)nc23)cc1. The standard InChI is InChI=1S/C34H22N4/c1-3-11-23(12-4-1)27-21-31(29-15-7-9-19-35-29)37-33-25(27)17-18-26-28(24-13-5-2-6-14-24)22-32(38-34(26)33)30-16-8-10-20-36-30/h1-22H. The number of hydrogen-bond donors (Lipinski definition) is 0. The molecule has 0 radical (unpaired) electrons. The Labute approximate surface area is 220 Å². The van der Waals surface area contributed by atoms with Crippen molar-refractivity contribution in [3.05, 3.63) is 134 Å². The van der Waals surface area contributed by atoms with Gasteiger partial charge in [-0.3, -0.25) is 9.97 Å². The lowest BCUT2D eigenvalue weighted by atomic mass is 9.94. The number of hydrogen-bond acceptors (Lipinski definition) is 4.